The lowest BCUT2D eigenvalue weighted by molar-refractivity contribution is -0.141. The highest BCUT2D eigenvalue weighted by Crippen LogP contribution is 2.08. The number of carbonyl (C=O) groups is 1. The first kappa shape index (κ1) is 15.7. The smallest absolute Gasteiger partial charge is 0.310 e. The molecule has 0 aliphatic rings. The van der Waals surface area contributed by atoms with Crippen molar-refractivity contribution in [2.45, 2.75) is 6.42 Å². The van der Waals surface area contributed by atoms with Gasteiger partial charge in [-0.1, -0.05) is 54.6 Å². The van der Waals surface area contributed by atoms with Gasteiger partial charge in [-0.3, -0.25) is 4.79 Å². The van der Waals surface area contributed by atoms with E-state index in [1.807, 2.05) is 79.0 Å². The molecule has 1 aromatic heterocycles. The van der Waals surface area contributed by atoms with E-state index in [1.165, 1.54) is 0 Å². The summed E-state index contributed by atoms with van der Waals surface area (Å²) in [5.74, 6) is -0.264. The number of carbonyl (C=O) groups excluding carboxylic acids is 1. The standard InChI is InChI=1S/C20H18N2O2/c23-20(24-13-7-10-17-8-3-1-4-9-17)14-18-15-21-22(16-18)19-11-5-2-6-12-19/h1-12,15-16H,13-14H2. The van der Waals surface area contributed by atoms with Crippen molar-refractivity contribution in [1.82, 2.24) is 9.78 Å². The molecule has 0 fully saturated rings. The van der Waals surface area contributed by atoms with E-state index in [4.69, 9.17) is 4.74 Å². The third-order valence-corrected chi connectivity index (χ3v) is 3.46. The Hall–Kier alpha value is -3.14. The van der Waals surface area contributed by atoms with Crippen LogP contribution in [0.1, 0.15) is 11.1 Å². The van der Waals surface area contributed by atoms with Crippen LogP contribution in [0, 0.1) is 0 Å². The second-order valence-corrected chi connectivity index (χ2v) is 5.30. The van der Waals surface area contributed by atoms with Gasteiger partial charge in [-0.2, -0.15) is 5.10 Å². The van der Waals surface area contributed by atoms with Crippen LogP contribution in [0.3, 0.4) is 0 Å². The van der Waals surface area contributed by atoms with E-state index in [0.717, 1.165) is 16.8 Å². The molecule has 0 atom stereocenters. The first-order valence-corrected chi connectivity index (χ1v) is 7.77. The number of benzene rings is 2. The molecule has 0 unspecified atom stereocenters. The molecule has 4 heteroatoms. The predicted molar refractivity (Wildman–Crippen MR) is 93.7 cm³/mol. The van der Waals surface area contributed by atoms with Gasteiger partial charge in [-0.25, -0.2) is 4.68 Å². The van der Waals surface area contributed by atoms with E-state index in [9.17, 15) is 4.79 Å². The van der Waals surface area contributed by atoms with Gasteiger partial charge in [-0.05, 0) is 23.8 Å². The SMILES string of the molecule is O=C(Cc1cnn(-c2ccccc2)c1)OCC=Cc1ccccc1. The van der Waals surface area contributed by atoms with Crippen molar-refractivity contribution >= 4 is 12.0 Å². The molecule has 3 rings (SSSR count). The van der Waals surface area contributed by atoms with Gasteiger partial charge in [-0.15, -0.1) is 0 Å². The molecule has 4 nitrogen and oxygen atoms in total. The molecule has 0 aliphatic heterocycles. The van der Waals surface area contributed by atoms with E-state index in [1.54, 1.807) is 10.9 Å². The number of ether oxygens (including phenoxy) is 1. The van der Waals surface area contributed by atoms with Crippen LogP contribution < -0.4 is 0 Å². The zero-order valence-electron chi connectivity index (χ0n) is 13.2. The van der Waals surface area contributed by atoms with Crippen LogP contribution in [0.2, 0.25) is 0 Å². The number of rotatable bonds is 6. The second-order valence-electron chi connectivity index (χ2n) is 5.30. The molecule has 1 heterocycles. The monoisotopic (exact) mass is 318 g/mol. The minimum Gasteiger partial charge on any atom is -0.461 e. The summed E-state index contributed by atoms with van der Waals surface area (Å²) < 4.78 is 6.97. The Balaban J connectivity index is 1.49. The summed E-state index contributed by atoms with van der Waals surface area (Å²) in [6.45, 7) is 0.264. The highest BCUT2D eigenvalue weighted by molar-refractivity contribution is 5.72. The van der Waals surface area contributed by atoms with Crippen molar-refractivity contribution in [3.8, 4) is 5.69 Å². The molecule has 0 saturated carbocycles. The van der Waals surface area contributed by atoms with Crippen molar-refractivity contribution < 1.29 is 9.53 Å². The Morgan fingerprint density at radius 1 is 1.04 bits per heavy atom. The maximum atomic E-state index is 11.9. The van der Waals surface area contributed by atoms with E-state index in [0.29, 0.717) is 0 Å². The fraction of sp³-hybridized carbons (Fsp3) is 0.100. The number of aromatic nitrogens is 2. The lowest BCUT2D eigenvalue weighted by Crippen LogP contribution is -2.07. The van der Waals surface area contributed by atoms with Gasteiger partial charge < -0.3 is 4.74 Å². The number of esters is 1. The third kappa shape index (κ3) is 4.43. The van der Waals surface area contributed by atoms with Crippen LogP contribution in [0.4, 0.5) is 0 Å². The normalized spacial score (nSPS) is 10.8. The predicted octanol–water partition coefficient (Wildman–Crippen LogP) is 3.67. The van der Waals surface area contributed by atoms with Crippen molar-refractivity contribution in [2.75, 3.05) is 6.61 Å². The molecule has 0 spiro atoms. The molecule has 0 aliphatic carbocycles. The first-order valence-electron chi connectivity index (χ1n) is 7.77. The molecule has 0 N–H and O–H groups in total. The quantitative estimate of drug-likeness (QED) is 0.651. The van der Waals surface area contributed by atoms with Gasteiger partial charge in [0.1, 0.15) is 6.61 Å². The lowest BCUT2D eigenvalue weighted by Gasteiger charge is -2.01. The zero-order chi connectivity index (χ0) is 16.6. The molecule has 2 aromatic carbocycles. The van der Waals surface area contributed by atoms with Crippen LogP contribution >= 0.6 is 0 Å². The lowest BCUT2D eigenvalue weighted by atomic mass is 10.2. The molecule has 0 saturated heterocycles. The average molecular weight is 318 g/mol. The molecular formula is C20H18N2O2. The van der Waals surface area contributed by atoms with Gasteiger partial charge in [0.2, 0.25) is 0 Å². The number of nitrogens with zero attached hydrogens (tertiary/aromatic N) is 2. The summed E-state index contributed by atoms with van der Waals surface area (Å²) in [6.07, 6.45) is 7.51. The van der Waals surface area contributed by atoms with Crippen LogP contribution in [0.15, 0.2) is 79.1 Å². The number of hydrogen-bond acceptors (Lipinski definition) is 3. The fourth-order valence-electron chi connectivity index (χ4n) is 2.28. The van der Waals surface area contributed by atoms with Gasteiger partial charge in [0.25, 0.3) is 0 Å². The highest BCUT2D eigenvalue weighted by Gasteiger charge is 2.07. The van der Waals surface area contributed by atoms with Gasteiger partial charge in [0.05, 0.1) is 18.3 Å². The maximum absolute atomic E-state index is 11.9. The van der Waals surface area contributed by atoms with Crippen molar-refractivity contribution in [2.24, 2.45) is 0 Å². The highest BCUT2D eigenvalue weighted by atomic mass is 16.5. The Morgan fingerprint density at radius 2 is 1.75 bits per heavy atom. The number of para-hydroxylation sites is 1. The van der Waals surface area contributed by atoms with Crippen molar-refractivity contribution in [3.63, 3.8) is 0 Å². The summed E-state index contributed by atoms with van der Waals surface area (Å²) in [6, 6.07) is 19.7. The van der Waals surface area contributed by atoms with Gasteiger partial charge >= 0.3 is 5.97 Å². The Labute approximate surface area is 141 Å². The third-order valence-electron chi connectivity index (χ3n) is 3.46. The van der Waals surface area contributed by atoms with Crippen LogP contribution in [0.5, 0.6) is 0 Å². The van der Waals surface area contributed by atoms with Crippen LogP contribution in [-0.2, 0) is 16.0 Å². The van der Waals surface area contributed by atoms with Crippen molar-refractivity contribution in [3.05, 3.63) is 90.3 Å². The topological polar surface area (TPSA) is 44.1 Å². The van der Waals surface area contributed by atoms with Gasteiger partial charge in [0, 0.05) is 11.8 Å². The Bertz CT molecular complexity index is 808. The maximum Gasteiger partial charge on any atom is 0.310 e. The Morgan fingerprint density at radius 3 is 2.50 bits per heavy atom. The first-order chi connectivity index (χ1) is 11.8. The number of hydrogen-bond donors (Lipinski definition) is 0. The summed E-state index contributed by atoms with van der Waals surface area (Å²) in [4.78, 5) is 11.9. The van der Waals surface area contributed by atoms with Gasteiger partial charge in [0.15, 0.2) is 0 Å². The molecule has 0 radical (unpaired) electrons. The van der Waals surface area contributed by atoms with E-state index >= 15 is 0 Å². The van der Waals surface area contributed by atoms with E-state index in [-0.39, 0.29) is 19.0 Å². The van der Waals surface area contributed by atoms with Crippen molar-refractivity contribution in [1.29, 1.82) is 0 Å². The van der Waals surface area contributed by atoms with E-state index < -0.39 is 0 Å². The Kier molecular flexibility index (Phi) is 5.20. The van der Waals surface area contributed by atoms with Crippen LogP contribution in [0.25, 0.3) is 11.8 Å². The molecule has 0 bridgehead atoms. The summed E-state index contributed by atoms with van der Waals surface area (Å²) in [5, 5.41) is 4.27. The minimum atomic E-state index is -0.264. The average Bonchev–Trinajstić information content (AvgIpc) is 3.09. The second kappa shape index (κ2) is 7.92. The van der Waals surface area contributed by atoms with E-state index in [2.05, 4.69) is 5.10 Å². The molecule has 3 aromatic rings. The molecular weight excluding hydrogens is 300 g/mol. The molecule has 0 amide bonds. The largest absolute Gasteiger partial charge is 0.461 e. The zero-order valence-corrected chi connectivity index (χ0v) is 13.2. The van der Waals surface area contributed by atoms with Crippen LogP contribution in [-0.4, -0.2) is 22.4 Å². The summed E-state index contributed by atoms with van der Waals surface area (Å²) in [5.41, 5.74) is 2.87. The molecule has 24 heavy (non-hydrogen) atoms. The minimum absolute atomic E-state index is 0.214. The summed E-state index contributed by atoms with van der Waals surface area (Å²) in [7, 11) is 0. The molecule has 120 valence electrons. The fourth-order valence-corrected chi connectivity index (χ4v) is 2.28. The summed E-state index contributed by atoms with van der Waals surface area (Å²) >= 11 is 0.